The van der Waals surface area contributed by atoms with Crippen LogP contribution < -0.4 is 4.74 Å². The second-order valence-corrected chi connectivity index (χ2v) is 2.58. The largest absolute Gasteiger partial charge is 0.504 e. The molecule has 0 aliphatic heterocycles. The molecule has 0 aliphatic rings. The second kappa shape index (κ2) is 3.56. The first kappa shape index (κ1) is 11.5. The van der Waals surface area contributed by atoms with E-state index in [0.717, 1.165) is 18.2 Å². The minimum absolute atomic E-state index is 0.790. The summed E-state index contributed by atoms with van der Waals surface area (Å²) < 4.78 is 63.1. The van der Waals surface area contributed by atoms with E-state index in [-0.39, 0.29) is 0 Å². The molecule has 0 aromatic heterocycles. The molecular formula is C8H5F5O2. The van der Waals surface area contributed by atoms with Gasteiger partial charge in [0, 0.05) is 0 Å². The summed E-state index contributed by atoms with van der Waals surface area (Å²) in [7, 11) is 0. The zero-order chi connectivity index (χ0) is 11.7. The number of ether oxygens (including phenoxy) is 1. The average molecular weight is 228 g/mol. The summed E-state index contributed by atoms with van der Waals surface area (Å²) in [6.45, 7) is 0. The van der Waals surface area contributed by atoms with Gasteiger partial charge in [-0.15, -0.1) is 0 Å². The molecule has 0 heterocycles. The van der Waals surface area contributed by atoms with E-state index < -0.39 is 23.8 Å². The summed E-state index contributed by atoms with van der Waals surface area (Å²) in [5.41, 5.74) is 0. The van der Waals surface area contributed by atoms with E-state index in [2.05, 4.69) is 4.74 Å². The molecule has 0 radical (unpaired) electrons. The number of hydrogen-bond acceptors (Lipinski definition) is 2. The van der Waals surface area contributed by atoms with Crippen LogP contribution in [-0.2, 0) is 0 Å². The van der Waals surface area contributed by atoms with E-state index in [9.17, 15) is 22.0 Å². The standard InChI is InChI=1S/C8H5F5O2/c9-7(10,11)8(12,13)15-6-4-2-1-3-5(6)14/h1-4,14H. The predicted molar refractivity (Wildman–Crippen MR) is 39.7 cm³/mol. The molecule has 0 bridgehead atoms. The molecule has 1 rings (SSSR count). The monoisotopic (exact) mass is 228 g/mol. The minimum Gasteiger partial charge on any atom is -0.504 e. The van der Waals surface area contributed by atoms with Gasteiger partial charge in [-0.3, -0.25) is 0 Å². The summed E-state index contributed by atoms with van der Waals surface area (Å²) >= 11 is 0. The van der Waals surface area contributed by atoms with Crippen LogP contribution in [0.2, 0.25) is 0 Å². The molecule has 0 saturated heterocycles. The van der Waals surface area contributed by atoms with Gasteiger partial charge in [-0.2, -0.15) is 22.0 Å². The van der Waals surface area contributed by atoms with Crippen molar-refractivity contribution in [2.75, 3.05) is 0 Å². The molecule has 7 heteroatoms. The van der Waals surface area contributed by atoms with Crippen molar-refractivity contribution in [1.29, 1.82) is 0 Å². The summed E-state index contributed by atoms with van der Waals surface area (Å²) in [5, 5.41) is 8.91. The number of rotatable bonds is 2. The van der Waals surface area contributed by atoms with Crippen molar-refractivity contribution in [3.63, 3.8) is 0 Å². The molecule has 0 fully saturated rings. The Kier molecular flexibility index (Phi) is 2.74. The first-order valence-corrected chi connectivity index (χ1v) is 3.65. The molecule has 0 spiro atoms. The molecule has 15 heavy (non-hydrogen) atoms. The normalized spacial score (nSPS) is 12.6. The fourth-order valence-electron chi connectivity index (χ4n) is 0.739. The topological polar surface area (TPSA) is 29.5 Å². The molecule has 1 aromatic rings. The summed E-state index contributed by atoms with van der Waals surface area (Å²) in [6.07, 6.45) is -11.2. The van der Waals surface area contributed by atoms with Crippen LogP contribution in [0.5, 0.6) is 11.5 Å². The minimum atomic E-state index is -5.82. The van der Waals surface area contributed by atoms with E-state index >= 15 is 0 Å². The molecule has 0 aliphatic carbocycles. The molecule has 0 amide bonds. The Morgan fingerprint density at radius 2 is 1.53 bits per heavy atom. The number of alkyl halides is 5. The van der Waals surface area contributed by atoms with Crippen LogP contribution in [0.4, 0.5) is 22.0 Å². The number of halogens is 5. The van der Waals surface area contributed by atoms with Gasteiger partial charge in [-0.05, 0) is 12.1 Å². The van der Waals surface area contributed by atoms with E-state index in [1.54, 1.807) is 0 Å². The fraction of sp³-hybridized carbons (Fsp3) is 0.250. The Hall–Kier alpha value is -1.53. The first-order valence-electron chi connectivity index (χ1n) is 3.65. The van der Waals surface area contributed by atoms with Gasteiger partial charge in [0.15, 0.2) is 11.5 Å². The van der Waals surface area contributed by atoms with Gasteiger partial charge in [-0.1, -0.05) is 12.1 Å². The zero-order valence-corrected chi connectivity index (χ0v) is 7.05. The first-order chi connectivity index (χ1) is 6.74. The molecule has 2 nitrogen and oxygen atoms in total. The zero-order valence-electron chi connectivity index (χ0n) is 7.05. The maximum absolute atomic E-state index is 12.3. The molecule has 0 atom stereocenters. The van der Waals surface area contributed by atoms with Crippen LogP contribution in [0, 0.1) is 0 Å². The lowest BCUT2D eigenvalue weighted by atomic mass is 10.3. The highest BCUT2D eigenvalue weighted by Crippen LogP contribution is 2.39. The Morgan fingerprint density at radius 3 is 2.00 bits per heavy atom. The van der Waals surface area contributed by atoms with Gasteiger partial charge in [0.25, 0.3) is 0 Å². The average Bonchev–Trinajstić information content (AvgIpc) is 2.06. The SMILES string of the molecule is Oc1ccccc1OC(F)(F)C(F)(F)F. The van der Waals surface area contributed by atoms with Gasteiger partial charge < -0.3 is 9.84 Å². The van der Waals surface area contributed by atoms with Crippen molar-refractivity contribution >= 4 is 0 Å². The maximum atomic E-state index is 12.3. The Balaban J connectivity index is 2.92. The van der Waals surface area contributed by atoms with E-state index in [0.29, 0.717) is 0 Å². The number of aromatic hydroxyl groups is 1. The van der Waals surface area contributed by atoms with Crippen molar-refractivity contribution in [2.24, 2.45) is 0 Å². The summed E-state index contributed by atoms with van der Waals surface area (Å²) in [4.78, 5) is 0. The van der Waals surface area contributed by atoms with Gasteiger partial charge in [0.2, 0.25) is 0 Å². The lowest BCUT2D eigenvalue weighted by Gasteiger charge is -2.20. The van der Waals surface area contributed by atoms with E-state index in [1.165, 1.54) is 6.07 Å². The maximum Gasteiger partial charge on any atom is 0.499 e. The molecule has 1 aromatic carbocycles. The van der Waals surface area contributed by atoms with Crippen LogP contribution in [0.1, 0.15) is 0 Å². The lowest BCUT2D eigenvalue weighted by Crippen LogP contribution is -2.41. The molecule has 84 valence electrons. The van der Waals surface area contributed by atoms with Crippen molar-refractivity contribution < 1.29 is 31.8 Å². The van der Waals surface area contributed by atoms with Crippen molar-refractivity contribution in [2.45, 2.75) is 12.3 Å². The van der Waals surface area contributed by atoms with E-state index in [1.807, 2.05) is 0 Å². The smallest absolute Gasteiger partial charge is 0.499 e. The van der Waals surface area contributed by atoms with E-state index in [4.69, 9.17) is 5.11 Å². The second-order valence-electron chi connectivity index (χ2n) is 2.58. The number of para-hydroxylation sites is 2. The van der Waals surface area contributed by atoms with Crippen LogP contribution in [-0.4, -0.2) is 17.4 Å². The predicted octanol–water partition coefficient (Wildman–Crippen LogP) is 2.93. The number of benzene rings is 1. The van der Waals surface area contributed by atoms with Gasteiger partial charge in [-0.25, -0.2) is 0 Å². The fourth-order valence-corrected chi connectivity index (χ4v) is 0.739. The molecule has 0 saturated carbocycles. The third-order valence-corrected chi connectivity index (χ3v) is 1.43. The molecular weight excluding hydrogens is 223 g/mol. The van der Waals surface area contributed by atoms with Crippen LogP contribution in [0.25, 0.3) is 0 Å². The van der Waals surface area contributed by atoms with Crippen LogP contribution in [0.3, 0.4) is 0 Å². The highest BCUT2D eigenvalue weighted by Gasteiger charge is 2.61. The Morgan fingerprint density at radius 1 is 1.00 bits per heavy atom. The number of phenols is 1. The quantitative estimate of drug-likeness (QED) is 0.788. The van der Waals surface area contributed by atoms with Crippen molar-refractivity contribution in [3.05, 3.63) is 24.3 Å². The third kappa shape index (κ3) is 2.48. The van der Waals surface area contributed by atoms with Crippen molar-refractivity contribution in [3.8, 4) is 11.5 Å². The van der Waals surface area contributed by atoms with Crippen LogP contribution >= 0.6 is 0 Å². The number of hydrogen-bond donors (Lipinski definition) is 1. The lowest BCUT2D eigenvalue weighted by molar-refractivity contribution is -0.360. The molecule has 1 N–H and O–H groups in total. The Bertz CT molecular complexity index is 347. The van der Waals surface area contributed by atoms with Gasteiger partial charge in [0.1, 0.15) is 0 Å². The number of phenolic OH excluding ortho intramolecular Hbond substituents is 1. The Labute approximate surface area is 80.9 Å². The highest BCUT2D eigenvalue weighted by molar-refractivity contribution is 5.38. The van der Waals surface area contributed by atoms with Gasteiger partial charge >= 0.3 is 12.3 Å². The highest BCUT2D eigenvalue weighted by atomic mass is 19.4. The summed E-state index contributed by atoms with van der Waals surface area (Å²) in [6, 6.07) is 4.15. The summed E-state index contributed by atoms with van der Waals surface area (Å²) in [5.74, 6) is -1.72. The van der Waals surface area contributed by atoms with Crippen LogP contribution in [0.15, 0.2) is 24.3 Å². The third-order valence-electron chi connectivity index (χ3n) is 1.43. The van der Waals surface area contributed by atoms with Crippen molar-refractivity contribution in [1.82, 2.24) is 0 Å². The van der Waals surface area contributed by atoms with Gasteiger partial charge in [0.05, 0.1) is 0 Å². The molecule has 0 unspecified atom stereocenters.